The van der Waals surface area contributed by atoms with Crippen LogP contribution in [0.3, 0.4) is 0 Å². The number of carbonyl (C=O) groups excluding carboxylic acids is 1. The van der Waals surface area contributed by atoms with E-state index in [2.05, 4.69) is 0 Å². The van der Waals surface area contributed by atoms with Crippen molar-refractivity contribution in [3.05, 3.63) is 47.4 Å². The van der Waals surface area contributed by atoms with Crippen molar-refractivity contribution in [1.82, 2.24) is 0 Å². The number of rotatable bonds is 4. The third-order valence-electron chi connectivity index (χ3n) is 2.75. The largest absolute Gasteiger partial charge is 0.493 e. The van der Waals surface area contributed by atoms with E-state index >= 15 is 0 Å². The minimum Gasteiger partial charge on any atom is -0.493 e. The first-order valence-corrected chi connectivity index (χ1v) is 5.48. The molecule has 0 saturated carbocycles. The third-order valence-corrected chi connectivity index (χ3v) is 2.75. The molecular weight excluding hydrogens is 232 g/mol. The lowest BCUT2D eigenvalue weighted by Gasteiger charge is -2.08. The molecule has 4 nitrogen and oxygen atoms in total. The molecule has 0 radical (unpaired) electrons. The molecule has 0 N–H and O–H groups in total. The maximum Gasteiger partial charge on any atom is 0.196 e. The quantitative estimate of drug-likeness (QED) is 0.778. The molecule has 1 heterocycles. The van der Waals surface area contributed by atoms with Gasteiger partial charge in [0.05, 0.1) is 26.0 Å². The maximum atomic E-state index is 12.2. The van der Waals surface area contributed by atoms with E-state index in [4.69, 9.17) is 13.9 Å². The van der Waals surface area contributed by atoms with Crippen LogP contribution in [0.1, 0.15) is 21.7 Å². The van der Waals surface area contributed by atoms with Crippen molar-refractivity contribution in [1.29, 1.82) is 0 Å². The Balaban J connectivity index is 2.40. The molecule has 94 valence electrons. The number of ketones is 1. The Morgan fingerprint density at radius 2 is 1.83 bits per heavy atom. The third kappa shape index (κ3) is 2.09. The predicted octanol–water partition coefficient (Wildman–Crippen LogP) is 2.84. The smallest absolute Gasteiger partial charge is 0.196 e. The van der Waals surface area contributed by atoms with Crippen molar-refractivity contribution in [2.45, 2.75) is 6.92 Å². The summed E-state index contributed by atoms with van der Waals surface area (Å²) in [5.41, 5.74) is 1.10. The summed E-state index contributed by atoms with van der Waals surface area (Å²) in [6, 6.07) is 6.74. The molecule has 0 aliphatic rings. The minimum absolute atomic E-state index is 0.0952. The second-order valence-electron chi connectivity index (χ2n) is 3.79. The van der Waals surface area contributed by atoms with Crippen LogP contribution in [0.5, 0.6) is 11.5 Å². The average molecular weight is 246 g/mol. The van der Waals surface area contributed by atoms with E-state index in [9.17, 15) is 4.79 Å². The van der Waals surface area contributed by atoms with Crippen molar-refractivity contribution >= 4 is 5.78 Å². The number of furan rings is 1. The highest BCUT2D eigenvalue weighted by molar-refractivity contribution is 6.09. The fourth-order valence-electron chi connectivity index (χ4n) is 1.75. The number of methoxy groups -OCH3 is 2. The highest BCUT2D eigenvalue weighted by Crippen LogP contribution is 2.28. The van der Waals surface area contributed by atoms with Gasteiger partial charge in [-0.05, 0) is 31.2 Å². The van der Waals surface area contributed by atoms with Crippen molar-refractivity contribution in [3.63, 3.8) is 0 Å². The summed E-state index contributed by atoms with van der Waals surface area (Å²) in [5, 5.41) is 0. The SMILES string of the molecule is COc1ccc(C(=O)c2ccoc2C)cc1OC. The van der Waals surface area contributed by atoms with Crippen LogP contribution in [0.4, 0.5) is 0 Å². The molecule has 1 aromatic carbocycles. The molecule has 0 unspecified atom stereocenters. The summed E-state index contributed by atoms with van der Waals surface area (Å²) >= 11 is 0. The molecule has 2 aromatic rings. The Bertz CT molecular complexity index is 569. The van der Waals surface area contributed by atoms with Gasteiger partial charge in [0.15, 0.2) is 17.3 Å². The summed E-state index contributed by atoms with van der Waals surface area (Å²) in [6.45, 7) is 1.76. The van der Waals surface area contributed by atoms with Gasteiger partial charge in [-0.15, -0.1) is 0 Å². The average Bonchev–Trinajstić information content (AvgIpc) is 2.83. The number of aryl methyl sites for hydroxylation is 1. The monoisotopic (exact) mass is 246 g/mol. The Kier molecular flexibility index (Phi) is 3.37. The lowest BCUT2D eigenvalue weighted by molar-refractivity contribution is 0.103. The van der Waals surface area contributed by atoms with Crippen molar-refractivity contribution < 1.29 is 18.7 Å². The van der Waals surface area contributed by atoms with E-state index in [1.54, 1.807) is 38.3 Å². The fraction of sp³-hybridized carbons (Fsp3) is 0.214. The zero-order valence-electron chi connectivity index (χ0n) is 10.5. The standard InChI is InChI=1S/C14H14O4/c1-9-11(6-7-18-9)14(15)10-4-5-12(16-2)13(8-10)17-3/h4-8H,1-3H3. The molecular formula is C14H14O4. The molecule has 0 amide bonds. The second-order valence-corrected chi connectivity index (χ2v) is 3.79. The van der Waals surface area contributed by atoms with E-state index < -0.39 is 0 Å². The zero-order valence-corrected chi connectivity index (χ0v) is 10.5. The molecule has 0 spiro atoms. The summed E-state index contributed by atoms with van der Waals surface area (Å²) in [4.78, 5) is 12.2. The first kappa shape index (κ1) is 12.2. The summed E-state index contributed by atoms with van der Waals surface area (Å²) < 4.78 is 15.4. The highest BCUT2D eigenvalue weighted by Gasteiger charge is 2.16. The molecule has 0 saturated heterocycles. The molecule has 0 bridgehead atoms. The summed E-state index contributed by atoms with van der Waals surface area (Å²) in [7, 11) is 3.09. The topological polar surface area (TPSA) is 48.7 Å². The second kappa shape index (κ2) is 4.96. The molecule has 2 rings (SSSR count). The molecule has 0 atom stereocenters. The van der Waals surface area contributed by atoms with Gasteiger partial charge in [0, 0.05) is 5.56 Å². The molecule has 0 aliphatic carbocycles. The van der Waals surface area contributed by atoms with Crippen LogP contribution < -0.4 is 9.47 Å². The number of carbonyl (C=O) groups is 1. The first-order chi connectivity index (χ1) is 8.67. The summed E-state index contributed by atoms with van der Waals surface area (Å²) in [5.74, 6) is 1.64. The molecule has 0 aliphatic heterocycles. The Morgan fingerprint density at radius 1 is 1.11 bits per heavy atom. The van der Waals surface area contributed by atoms with Crippen LogP contribution in [0, 0.1) is 6.92 Å². The molecule has 18 heavy (non-hydrogen) atoms. The summed E-state index contributed by atoms with van der Waals surface area (Å²) in [6.07, 6.45) is 1.50. The van der Waals surface area contributed by atoms with Crippen LogP contribution in [-0.4, -0.2) is 20.0 Å². The fourth-order valence-corrected chi connectivity index (χ4v) is 1.75. The predicted molar refractivity (Wildman–Crippen MR) is 66.4 cm³/mol. The lowest BCUT2D eigenvalue weighted by atomic mass is 10.0. The number of ether oxygens (including phenoxy) is 2. The molecule has 0 fully saturated rings. The van der Waals surface area contributed by atoms with Gasteiger partial charge < -0.3 is 13.9 Å². The molecule has 1 aromatic heterocycles. The zero-order chi connectivity index (χ0) is 13.1. The first-order valence-electron chi connectivity index (χ1n) is 5.48. The van der Waals surface area contributed by atoms with Gasteiger partial charge in [-0.1, -0.05) is 0 Å². The minimum atomic E-state index is -0.0952. The van der Waals surface area contributed by atoms with E-state index in [0.717, 1.165) is 0 Å². The molecule has 4 heteroatoms. The van der Waals surface area contributed by atoms with Gasteiger partial charge >= 0.3 is 0 Å². The normalized spacial score (nSPS) is 10.2. The van der Waals surface area contributed by atoms with Crippen molar-refractivity contribution in [2.75, 3.05) is 14.2 Å². The van der Waals surface area contributed by atoms with Gasteiger partial charge in [-0.3, -0.25) is 4.79 Å². The van der Waals surface area contributed by atoms with Gasteiger partial charge in [0.2, 0.25) is 0 Å². The van der Waals surface area contributed by atoms with Gasteiger partial charge in [0.1, 0.15) is 5.76 Å². The maximum absolute atomic E-state index is 12.2. The number of hydrogen-bond acceptors (Lipinski definition) is 4. The van der Waals surface area contributed by atoms with Gasteiger partial charge in [-0.2, -0.15) is 0 Å². The van der Waals surface area contributed by atoms with Crippen LogP contribution in [-0.2, 0) is 0 Å². The van der Waals surface area contributed by atoms with E-state index in [-0.39, 0.29) is 5.78 Å². The van der Waals surface area contributed by atoms with E-state index in [1.165, 1.54) is 13.4 Å². The van der Waals surface area contributed by atoms with E-state index in [1.807, 2.05) is 0 Å². The highest BCUT2D eigenvalue weighted by atomic mass is 16.5. The van der Waals surface area contributed by atoms with Gasteiger partial charge in [-0.25, -0.2) is 0 Å². The van der Waals surface area contributed by atoms with E-state index in [0.29, 0.717) is 28.4 Å². The van der Waals surface area contributed by atoms with Crippen LogP contribution in [0.2, 0.25) is 0 Å². The number of benzene rings is 1. The Morgan fingerprint density at radius 3 is 2.39 bits per heavy atom. The van der Waals surface area contributed by atoms with Crippen LogP contribution in [0.25, 0.3) is 0 Å². The Hall–Kier alpha value is -2.23. The van der Waals surface area contributed by atoms with Crippen molar-refractivity contribution in [3.8, 4) is 11.5 Å². The number of hydrogen-bond donors (Lipinski definition) is 0. The lowest BCUT2D eigenvalue weighted by Crippen LogP contribution is -2.02. The van der Waals surface area contributed by atoms with Gasteiger partial charge in [0.25, 0.3) is 0 Å². The van der Waals surface area contributed by atoms with Crippen LogP contribution >= 0.6 is 0 Å². The van der Waals surface area contributed by atoms with Crippen molar-refractivity contribution in [2.24, 2.45) is 0 Å². The van der Waals surface area contributed by atoms with Crippen LogP contribution in [0.15, 0.2) is 34.9 Å². The Labute approximate surface area is 105 Å².